The normalized spacial score (nSPS) is 11.9. The molecule has 0 saturated heterocycles. The van der Waals surface area contributed by atoms with Gasteiger partial charge in [-0.15, -0.1) is 0 Å². The van der Waals surface area contributed by atoms with Crippen LogP contribution in [0.15, 0.2) is 21.9 Å². The number of nitrogens with one attached hydrogen (secondary N) is 1. The molecule has 9 heteroatoms. The van der Waals surface area contributed by atoms with E-state index in [2.05, 4.69) is 5.32 Å². The molecule has 1 rings (SSSR count). The summed E-state index contributed by atoms with van der Waals surface area (Å²) in [6, 6.07) is 1.15. The third-order valence-electron chi connectivity index (χ3n) is 2.40. The number of aliphatic hydroxyl groups excluding tert-OH is 1. The van der Waals surface area contributed by atoms with Crippen LogP contribution in [0.4, 0.5) is 0 Å². The van der Waals surface area contributed by atoms with Crippen molar-refractivity contribution in [1.82, 2.24) is 14.5 Å². The van der Waals surface area contributed by atoms with E-state index in [1.54, 1.807) is 0 Å². The molecule has 0 aliphatic rings. The predicted molar refractivity (Wildman–Crippen MR) is 64.2 cm³/mol. The molecular weight excluding hydrogens is 256 g/mol. The van der Waals surface area contributed by atoms with Crippen molar-refractivity contribution in [1.29, 1.82) is 0 Å². The first-order chi connectivity index (χ1) is 8.82. The molecule has 0 aliphatic heterocycles. The van der Waals surface area contributed by atoms with Crippen molar-refractivity contribution < 1.29 is 14.7 Å². The molecule has 104 valence electrons. The molecule has 1 aromatic rings. The maximum atomic E-state index is 11.6. The van der Waals surface area contributed by atoms with Crippen LogP contribution in [0.3, 0.4) is 0 Å². The van der Waals surface area contributed by atoms with E-state index in [0.717, 1.165) is 15.2 Å². The van der Waals surface area contributed by atoms with Gasteiger partial charge in [0.1, 0.15) is 12.6 Å². The molecule has 4 N–H and O–H groups in total. The average Bonchev–Trinajstić information content (AvgIpc) is 2.36. The number of carbonyl (C=O) groups excluding carboxylic acids is 2. The monoisotopic (exact) mass is 270 g/mol. The van der Waals surface area contributed by atoms with Gasteiger partial charge in [-0.25, -0.2) is 4.79 Å². The summed E-state index contributed by atoms with van der Waals surface area (Å²) in [5.74, 6) is -1.55. The zero-order chi connectivity index (χ0) is 14.6. The lowest BCUT2D eigenvalue weighted by molar-refractivity contribution is -0.127. The quantitative estimate of drug-likeness (QED) is 0.510. The number of nitrogens with two attached hydrogens (primary N) is 1. The molecule has 0 radical (unpaired) electrons. The van der Waals surface area contributed by atoms with Crippen LogP contribution >= 0.6 is 0 Å². The van der Waals surface area contributed by atoms with Crippen molar-refractivity contribution in [2.45, 2.75) is 12.6 Å². The molecule has 1 aromatic heterocycles. The highest BCUT2D eigenvalue weighted by Gasteiger charge is 2.13. The summed E-state index contributed by atoms with van der Waals surface area (Å²) in [7, 11) is 1.29. The lowest BCUT2D eigenvalue weighted by Crippen LogP contribution is -2.43. The number of aromatic nitrogens is 2. The first-order valence-corrected chi connectivity index (χ1v) is 5.33. The smallest absolute Gasteiger partial charge is 0.331 e. The number of rotatable bonds is 5. The standard InChI is InChI=1S/C10H14N4O5/c1-13-8(17)2-3-14(10(13)19)5-7(16)12-4-6(15)9(11)18/h2-3,6,15H,4-5H2,1H3,(H2,11,18)(H,12,16). The lowest BCUT2D eigenvalue weighted by Gasteiger charge is -2.10. The molecule has 1 heterocycles. The summed E-state index contributed by atoms with van der Waals surface area (Å²) in [4.78, 5) is 44.7. The molecule has 0 saturated carbocycles. The van der Waals surface area contributed by atoms with Crippen molar-refractivity contribution in [2.24, 2.45) is 12.8 Å². The Labute approximate surface area is 107 Å². The van der Waals surface area contributed by atoms with Gasteiger partial charge >= 0.3 is 5.69 Å². The van der Waals surface area contributed by atoms with Crippen molar-refractivity contribution in [3.8, 4) is 0 Å². The minimum absolute atomic E-state index is 0.335. The van der Waals surface area contributed by atoms with Crippen LogP contribution in [0, 0.1) is 0 Å². The Morgan fingerprint density at radius 2 is 2.11 bits per heavy atom. The Kier molecular flexibility index (Phi) is 4.59. The third-order valence-corrected chi connectivity index (χ3v) is 2.40. The zero-order valence-corrected chi connectivity index (χ0v) is 10.2. The van der Waals surface area contributed by atoms with Gasteiger partial charge in [-0.3, -0.25) is 23.5 Å². The Balaban J connectivity index is 2.68. The van der Waals surface area contributed by atoms with Crippen molar-refractivity contribution in [3.63, 3.8) is 0 Å². The molecule has 1 unspecified atom stereocenters. The van der Waals surface area contributed by atoms with Gasteiger partial charge < -0.3 is 16.2 Å². The molecule has 0 bridgehead atoms. The second-order valence-corrected chi connectivity index (χ2v) is 3.85. The molecule has 0 spiro atoms. The topological polar surface area (TPSA) is 136 Å². The van der Waals surface area contributed by atoms with E-state index >= 15 is 0 Å². The van der Waals surface area contributed by atoms with Gasteiger partial charge in [0.15, 0.2) is 0 Å². The summed E-state index contributed by atoms with van der Waals surface area (Å²) >= 11 is 0. The van der Waals surface area contributed by atoms with Crippen LogP contribution in [0.25, 0.3) is 0 Å². The van der Waals surface area contributed by atoms with Crippen LogP contribution in [0.5, 0.6) is 0 Å². The van der Waals surface area contributed by atoms with E-state index in [4.69, 9.17) is 10.8 Å². The van der Waals surface area contributed by atoms with Crippen LogP contribution < -0.4 is 22.3 Å². The van der Waals surface area contributed by atoms with E-state index in [9.17, 15) is 19.2 Å². The van der Waals surface area contributed by atoms with E-state index in [-0.39, 0.29) is 13.1 Å². The number of hydrogen-bond donors (Lipinski definition) is 3. The SMILES string of the molecule is Cn1c(=O)ccn(CC(=O)NCC(O)C(N)=O)c1=O. The molecule has 0 fully saturated rings. The Morgan fingerprint density at radius 3 is 2.68 bits per heavy atom. The van der Waals surface area contributed by atoms with E-state index in [1.807, 2.05) is 0 Å². The number of hydrogen-bond acceptors (Lipinski definition) is 5. The predicted octanol–water partition coefficient (Wildman–Crippen LogP) is -3.49. The van der Waals surface area contributed by atoms with Crippen LogP contribution in [-0.4, -0.2) is 38.7 Å². The van der Waals surface area contributed by atoms with Gasteiger partial charge in [-0.1, -0.05) is 0 Å². The zero-order valence-electron chi connectivity index (χ0n) is 10.2. The fourth-order valence-corrected chi connectivity index (χ4v) is 1.26. The van der Waals surface area contributed by atoms with Gasteiger partial charge in [0.05, 0.1) is 6.54 Å². The minimum atomic E-state index is -1.49. The van der Waals surface area contributed by atoms with Crippen LogP contribution in [0.1, 0.15) is 0 Å². The Bertz CT molecular complexity index is 603. The number of nitrogens with zero attached hydrogens (tertiary/aromatic N) is 2. The third kappa shape index (κ3) is 3.78. The minimum Gasteiger partial charge on any atom is -0.381 e. The van der Waals surface area contributed by atoms with E-state index < -0.39 is 29.2 Å². The van der Waals surface area contributed by atoms with Gasteiger partial charge in [0.2, 0.25) is 11.8 Å². The second kappa shape index (κ2) is 5.96. The van der Waals surface area contributed by atoms with Gasteiger partial charge in [0, 0.05) is 19.3 Å². The maximum absolute atomic E-state index is 11.6. The maximum Gasteiger partial charge on any atom is 0.331 e. The number of carbonyl (C=O) groups is 2. The lowest BCUT2D eigenvalue weighted by atomic mass is 10.3. The molecule has 1 atom stereocenters. The molecule has 2 amide bonds. The summed E-state index contributed by atoms with van der Waals surface area (Å²) in [5.41, 5.74) is 3.68. The van der Waals surface area contributed by atoms with Gasteiger partial charge in [-0.05, 0) is 0 Å². The highest BCUT2D eigenvalue weighted by molar-refractivity contribution is 5.80. The highest BCUT2D eigenvalue weighted by Crippen LogP contribution is 1.82. The fraction of sp³-hybridized carbons (Fsp3) is 0.400. The second-order valence-electron chi connectivity index (χ2n) is 3.85. The largest absolute Gasteiger partial charge is 0.381 e. The number of amides is 2. The highest BCUT2D eigenvalue weighted by atomic mass is 16.3. The Morgan fingerprint density at radius 1 is 1.47 bits per heavy atom. The average molecular weight is 270 g/mol. The molecule has 0 aromatic carbocycles. The molecule has 0 aliphatic carbocycles. The van der Waals surface area contributed by atoms with Gasteiger partial charge in [0.25, 0.3) is 5.56 Å². The molecule has 19 heavy (non-hydrogen) atoms. The molecule has 9 nitrogen and oxygen atoms in total. The summed E-state index contributed by atoms with van der Waals surface area (Å²) in [6.45, 7) is -0.673. The summed E-state index contributed by atoms with van der Waals surface area (Å²) in [5, 5.41) is 11.3. The van der Waals surface area contributed by atoms with E-state index in [0.29, 0.717) is 0 Å². The van der Waals surface area contributed by atoms with Crippen molar-refractivity contribution >= 4 is 11.8 Å². The molecular formula is C10H14N4O5. The van der Waals surface area contributed by atoms with Crippen LogP contribution in [-0.2, 0) is 23.2 Å². The first-order valence-electron chi connectivity index (χ1n) is 5.33. The van der Waals surface area contributed by atoms with E-state index in [1.165, 1.54) is 13.2 Å². The van der Waals surface area contributed by atoms with Crippen LogP contribution in [0.2, 0.25) is 0 Å². The van der Waals surface area contributed by atoms with Crippen molar-refractivity contribution in [2.75, 3.05) is 6.54 Å². The Hall–Kier alpha value is -2.42. The first kappa shape index (κ1) is 14.6. The number of aliphatic hydroxyl groups is 1. The summed E-state index contributed by atoms with van der Waals surface area (Å²) in [6.07, 6.45) is -0.296. The van der Waals surface area contributed by atoms with Crippen molar-refractivity contribution in [3.05, 3.63) is 33.1 Å². The van der Waals surface area contributed by atoms with Gasteiger partial charge in [-0.2, -0.15) is 0 Å². The summed E-state index contributed by atoms with van der Waals surface area (Å²) < 4.78 is 1.87. The fourth-order valence-electron chi connectivity index (χ4n) is 1.26. The number of primary amides is 1.